The molecular weight excluding hydrogens is 393 g/mol. The molecule has 0 unspecified atom stereocenters. The monoisotopic (exact) mass is 423 g/mol. The van der Waals surface area contributed by atoms with Crippen molar-refractivity contribution in [3.05, 3.63) is 66.4 Å². The molecule has 0 radical (unpaired) electrons. The maximum atomic E-state index is 13.8. The molecule has 4 rings (SSSR count). The van der Waals surface area contributed by atoms with Gasteiger partial charge in [-0.1, -0.05) is 25.3 Å². The van der Waals surface area contributed by atoms with Gasteiger partial charge in [0.05, 0.1) is 11.9 Å². The highest BCUT2D eigenvalue weighted by Crippen LogP contribution is 2.22. The third-order valence-corrected chi connectivity index (χ3v) is 6.06. The lowest BCUT2D eigenvalue weighted by Crippen LogP contribution is -2.36. The smallest absolute Gasteiger partial charge is 0.256 e. The molecule has 1 saturated carbocycles. The van der Waals surface area contributed by atoms with E-state index in [4.69, 9.17) is 0 Å². The standard InChI is InChI=1S/C24H30FN5O/c1-28(20-10-3-2-4-11-20)14-8-13-26-23(31)22-18-27-30(21-12-7-9-19(25)17-21)24(22)29-15-5-6-16-29/h5-7,9,12,15-18,20H,2-4,8,10-11,13-14H2,1H3,(H,26,31). The number of amides is 1. The highest BCUT2D eigenvalue weighted by atomic mass is 19.1. The molecule has 1 aliphatic carbocycles. The van der Waals surface area contributed by atoms with Crippen LogP contribution in [0.5, 0.6) is 0 Å². The van der Waals surface area contributed by atoms with Gasteiger partial charge >= 0.3 is 0 Å². The molecule has 1 amide bonds. The molecule has 1 aliphatic rings. The van der Waals surface area contributed by atoms with Gasteiger partial charge in [0.15, 0.2) is 5.82 Å². The molecule has 1 N–H and O–H groups in total. The summed E-state index contributed by atoms with van der Waals surface area (Å²) in [6.45, 7) is 1.57. The minimum atomic E-state index is -0.348. The van der Waals surface area contributed by atoms with E-state index < -0.39 is 0 Å². The zero-order chi connectivity index (χ0) is 21.6. The highest BCUT2D eigenvalue weighted by Gasteiger charge is 2.21. The Kier molecular flexibility index (Phi) is 6.82. The maximum absolute atomic E-state index is 13.8. The van der Waals surface area contributed by atoms with Crippen LogP contribution in [0, 0.1) is 5.82 Å². The second-order valence-corrected chi connectivity index (χ2v) is 8.25. The van der Waals surface area contributed by atoms with Gasteiger partial charge in [-0.2, -0.15) is 5.10 Å². The lowest BCUT2D eigenvalue weighted by Gasteiger charge is -2.31. The SMILES string of the molecule is CN(CCCNC(=O)c1cnn(-c2cccc(F)c2)c1-n1cccc1)C1CCCCC1. The van der Waals surface area contributed by atoms with Crippen LogP contribution in [0.15, 0.2) is 55.0 Å². The predicted octanol–water partition coefficient (Wildman–Crippen LogP) is 4.19. The third-order valence-electron chi connectivity index (χ3n) is 6.06. The number of aromatic nitrogens is 3. The van der Waals surface area contributed by atoms with Crippen molar-refractivity contribution in [3.63, 3.8) is 0 Å². The van der Waals surface area contributed by atoms with Gasteiger partial charge in [0, 0.05) is 25.0 Å². The first-order valence-corrected chi connectivity index (χ1v) is 11.1. The molecule has 1 aromatic carbocycles. The Labute approximate surface area is 182 Å². The maximum Gasteiger partial charge on any atom is 0.256 e. The molecule has 31 heavy (non-hydrogen) atoms. The summed E-state index contributed by atoms with van der Waals surface area (Å²) in [7, 11) is 2.19. The molecular formula is C24H30FN5O. The largest absolute Gasteiger partial charge is 0.352 e. The first kappa shape index (κ1) is 21.3. The molecule has 3 aromatic rings. The summed E-state index contributed by atoms with van der Waals surface area (Å²) in [6.07, 6.45) is 12.7. The topological polar surface area (TPSA) is 55.1 Å². The molecule has 6 nitrogen and oxygen atoms in total. The lowest BCUT2D eigenvalue weighted by molar-refractivity contribution is 0.0950. The van der Waals surface area contributed by atoms with Crippen LogP contribution >= 0.6 is 0 Å². The van der Waals surface area contributed by atoms with Gasteiger partial charge in [0.2, 0.25) is 0 Å². The predicted molar refractivity (Wildman–Crippen MR) is 119 cm³/mol. The summed E-state index contributed by atoms with van der Waals surface area (Å²) in [5.74, 6) is 0.0682. The fraction of sp³-hybridized carbons (Fsp3) is 0.417. The van der Waals surface area contributed by atoms with E-state index in [0.717, 1.165) is 13.0 Å². The number of benzene rings is 1. The van der Waals surface area contributed by atoms with Gasteiger partial charge in [-0.05, 0) is 63.2 Å². The third kappa shape index (κ3) is 5.05. The van der Waals surface area contributed by atoms with Gasteiger partial charge in [-0.3, -0.25) is 4.79 Å². The van der Waals surface area contributed by atoms with E-state index in [1.807, 2.05) is 29.1 Å². The van der Waals surface area contributed by atoms with E-state index in [2.05, 4.69) is 22.4 Å². The van der Waals surface area contributed by atoms with Crippen LogP contribution in [-0.2, 0) is 0 Å². The normalized spacial score (nSPS) is 14.8. The second-order valence-electron chi connectivity index (χ2n) is 8.25. The molecule has 0 spiro atoms. The first-order chi connectivity index (χ1) is 15.1. The lowest BCUT2D eigenvalue weighted by atomic mass is 9.94. The zero-order valence-corrected chi connectivity index (χ0v) is 18.0. The van der Waals surface area contributed by atoms with Crippen molar-refractivity contribution in [3.8, 4) is 11.5 Å². The molecule has 0 saturated heterocycles. The van der Waals surface area contributed by atoms with Crippen molar-refractivity contribution in [2.24, 2.45) is 0 Å². The summed E-state index contributed by atoms with van der Waals surface area (Å²) in [4.78, 5) is 15.4. The molecule has 2 heterocycles. The Morgan fingerprint density at radius 2 is 1.97 bits per heavy atom. The van der Waals surface area contributed by atoms with E-state index >= 15 is 0 Å². The molecule has 0 atom stereocenters. The van der Waals surface area contributed by atoms with Crippen LogP contribution in [0.4, 0.5) is 4.39 Å². The number of hydrogen-bond donors (Lipinski definition) is 1. The average molecular weight is 424 g/mol. The number of halogens is 1. The van der Waals surface area contributed by atoms with Crippen molar-refractivity contribution < 1.29 is 9.18 Å². The number of carbonyl (C=O) groups is 1. The Hall–Kier alpha value is -2.93. The number of rotatable bonds is 8. The van der Waals surface area contributed by atoms with E-state index in [9.17, 15) is 9.18 Å². The van der Waals surface area contributed by atoms with E-state index in [-0.39, 0.29) is 11.7 Å². The average Bonchev–Trinajstić information content (AvgIpc) is 3.46. The Bertz CT molecular complexity index is 991. The fourth-order valence-corrected chi connectivity index (χ4v) is 4.35. The molecule has 0 aliphatic heterocycles. The minimum absolute atomic E-state index is 0.174. The number of nitrogens with zero attached hydrogens (tertiary/aromatic N) is 4. The molecule has 164 valence electrons. The Balaban J connectivity index is 1.43. The van der Waals surface area contributed by atoms with Crippen LogP contribution in [0.3, 0.4) is 0 Å². The van der Waals surface area contributed by atoms with Crippen LogP contribution in [-0.4, -0.2) is 51.3 Å². The Morgan fingerprint density at radius 1 is 1.19 bits per heavy atom. The summed E-state index contributed by atoms with van der Waals surface area (Å²) >= 11 is 0. The number of carbonyl (C=O) groups excluding carboxylic acids is 1. The van der Waals surface area contributed by atoms with Gasteiger partial charge < -0.3 is 14.8 Å². The fourth-order valence-electron chi connectivity index (χ4n) is 4.35. The first-order valence-electron chi connectivity index (χ1n) is 11.1. The quantitative estimate of drug-likeness (QED) is 0.553. The van der Waals surface area contributed by atoms with Crippen molar-refractivity contribution in [1.29, 1.82) is 0 Å². The van der Waals surface area contributed by atoms with Gasteiger partial charge in [-0.15, -0.1) is 0 Å². The summed E-state index contributed by atoms with van der Waals surface area (Å²) in [5.41, 5.74) is 1.03. The number of nitrogens with one attached hydrogen (secondary N) is 1. The minimum Gasteiger partial charge on any atom is -0.352 e. The van der Waals surface area contributed by atoms with E-state index in [1.54, 1.807) is 23.0 Å². The van der Waals surface area contributed by atoms with Crippen LogP contribution in [0.2, 0.25) is 0 Å². The van der Waals surface area contributed by atoms with Crippen molar-refractivity contribution in [2.45, 2.75) is 44.6 Å². The van der Waals surface area contributed by atoms with Crippen LogP contribution in [0.25, 0.3) is 11.5 Å². The van der Waals surface area contributed by atoms with Crippen molar-refractivity contribution >= 4 is 5.91 Å². The molecule has 0 bridgehead atoms. The molecule has 7 heteroatoms. The zero-order valence-electron chi connectivity index (χ0n) is 18.0. The highest BCUT2D eigenvalue weighted by molar-refractivity contribution is 5.97. The second kappa shape index (κ2) is 9.92. The van der Waals surface area contributed by atoms with Gasteiger partial charge in [-0.25, -0.2) is 9.07 Å². The van der Waals surface area contributed by atoms with Gasteiger partial charge in [0.1, 0.15) is 11.4 Å². The van der Waals surface area contributed by atoms with E-state index in [0.29, 0.717) is 29.7 Å². The van der Waals surface area contributed by atoms with Crippen LogP contribution < -0.4 is 5.32 Å². The number of hydrogen-bond acceptors (Lipinski definition) is 3. The van der Waals surface area contributed by atoms with Gasteiger partial charge in [0.25, 0.3) is 5.91 Å². The van der Waals surface area contributed by atoms with Crippen LogP contribution in [0.1, 0.15) is 48.9 Å². The summed E-state index contributed by atoms with van der Waals surface area (Å²) < 4.78 is 17.2. The van der Waals surface area contributed by atoms with E-state index in [1.165, 1.54) is 44.2 Å². The van der Waals surface area contributed by atoms with Crippen molar-refractivity contribution in [2.75, 3.05) is 20.1 Å². The summed E-state index contributed by atoms with van der Waals surface area (Å²) in [6, 6.07) is 10.6. The van der Waals surface area contributed by atoms with Crippen molar-refractivity contribution in [1.82, 2.24) is 24.6 Å². The Morgan fingerprint density at radius 3 is 2.71 bits per heavy atom. The molecule has 1 fully saturated rings. The molecule has 2 aromatic heterocycles. The summed E-state index contributed by atoms with van der Waals surface area (Å²) in [5, 5.41) is 7.41.